The van der Waals surface area contributed by atoms with Crippen molar-refractivity contribution in [2.75, 3.05) is 23.0 Å². The first kappa shape index (κ1) is 30.2. The second-order valence-electron chi connectivity index (χ2n) is 6.48. The van der Waals surface area contributed by atoms with Crippen molar-refractivity contribution in [2.24, 2.45) is 29.0 Å². The van der Waals surface area contributed by atoms with Crippen LogP contribution in [-0.2, 0) is 19.2 Å². The van der Waals surface area contributed by atoms with Crippen LogP contribution < -0.4 is 17.2 Å². The number of carbonyl (C=O) groups is 4. The molecule has 0 fully saturated rings. The van der Waals surface area contributed by atoms with Crippen LogP contribution >= 0.6 is 43.2 Å². The number of hydrogen-bond acceptors (Lipinski definition) is 11. The number of hydrogen-bond donors (Lipinski definition) is 7. The van der Waals surface area contributed by atoms with Crippen molar-refractivity contribution in [1.29, 1.82) is 0 Å². The minimum atomic E-state index is -1.36. The predicted molar refractivity (Wildman–Crippen MR) is 125 cm³/mol. The summed E-state index contributed by atoms with van der Waals surface area (Å²) in [5, 5.41) is 36.4. The normalized spacial score (nSPS) is 16.1. The molecule has 0 amide bonds. The first-order chi connectivity index (χ1) is 14.5. The Hall–Kier alpha value is -0.840. The van der Waals surface area contributed by atoms with E-state index in [1.54, 1.807) is 0 Å². The van der Waals surface area contributed by atoms with Crippen molar-refractivity contribution in [1.82, 2.24) is 0 Å². The molecule has 31 heavy (non-hydrogen) atoms. The predicted octanol–water partition coefficient (Wildman–Crippen LogP) is 0.472. The lowest BCUT2D eigenvalue weighted by Gasteiger charge is -2.26. The van der Waals surface area contributed by atoms with Gasteiger partial charge < -0.3 is 37.6 Å². The Labute approximate surface area is 195 Å². The third-order valence-electron chi connectivity index (χ3n) is 4.18. The molecular weight excluding hydrogens is 490 g/mol. The van der Waals surface area contributed by atoms with Crippen molar-refractivity contribution >= 4 is 67.1 Å². The van der Waals surface area contributed by atoms with Crippen molar-refractivity contribution in [2.45, 2.75) is 37.4 Å². The number of carboxylic acids is 4. The maximum Gasteiger partial charge on any atom is 0.320 e. The second-order valence-corrected chi connectivity index (χ2v) is 11.8. The molecule has 0 rings (SSSR count). The van der Waals surface area contributed by atoms with Gasteiger partial charge in [-0.2, -0.15) is 0 Å². The van der Waals surface area contributed by atoms with Crippen LogP contribution in [0, 0.1) is 11.8 Å². The fourth-order valence-corrected chi connectivity index (χ4v) is 7.03. The van der Waals surface area contributed by atoms with Gasteiger partial charge in [0.25, 0.3) is 0 Å². The molecule has 11 nitrogen and oxygen atoms in total. The van der Waals surface area contributed by atoms with Crippen molar-refractivity contribution < 1.29 is 39.6 Å². The summed E-state index contributed by atoms with van der Waals surface area (Å²) in [7, 11) is 5.26. The lowest BCUT2D eigenvalue weighted by molar-refractivity contribution is -0.146. The third-order valence-corrected chi connectivity index (χ3v) is 9.15. The summed E-state index contributed by atoms with van der Waals surface area (Å²) in [4.78, 5) is 44.5. The van der Waals surface area contributed by atoms with Crippen LogP contribution in [0.15, 0.2) is 0 Å². The summed E-state index contributed by atoms with van der Waals surface area (Å²) in [5.41, 5.74) is 16.6. The minimum Gasteiger partial charge on any atom is -0.481 e. The molecule has 0 spiro atoms. The molecule has 0 saturated carbocycles. The van der Waals surface area contributed by atoms with Crippen molar-refractivity contribution in [3.63, 3.8) is 0 Å². The van der Waals surface area contributed by atoms with E-state index in [1.165, 1.54) is 43.2 Å². The number of rotatable bonds is 19. The van der Waals surface area contributed by atoms with Crippen molar-refractivity contribution in [3.8, 4) is 0 Å². The molecule has 0 bridgehead atoms. The third kappa shape index (κ3) is 13.3. The molecular formula is C16H29N3O8S4. The topological polar surface area (TPSA) is 227 Å². The summed E-state index contributed by atoms with van der Waals surface area (Å²) < 4.78 is 0. The number of nitrogens with two attached hydrogens (primary N) is 3. The van der Waals surface area contributed by atoms with E-state index in [0.29, 0.717) is 17.3 Å². The molecule has 4 unspecified atom stereocenters. The van der Waals surface area contributed by atoms with Crippen LogP contribution in [0.1, 0.15) is 19.3 Å². The van der Waals surface area contributed by atoms with Gasteiger partial charge in [0.2, 0.25) is 0 Å². The van der Waals surface area contributed by atoms with Crippen LogP contribution in [0.4, 0.5) is 0 Å². The smallest absolute Gasteiger partial charge is 0.320 e. The van der Waals surface area contributed by atoms with Gasteiger partial charge in [-0.15, -0.1) is 0 Å². The molecule has 10 N–H and O–H groups in total. The van der Waals surface area contributed by atoms with Crippen LogP contribution in [0.3, 0.4) is 0 Å². The van der Waals surface area contributed by atoms with Crippen molar-refractivity contribution in [3.05, 3.63) is 0 Å². The van der Waals surface area contributed by atoms with E-state index in [0.717, 1.165) is 0 Å². The van der Waals surface area contributed by atoms with E-state index in [2.05, 4.69) is 0 Å². The van der Waals surface area contributed by atoms with Gasteiger partial charge in [-0.1, -0.05) is 43.2 Å². The average Bonchev–Trinajstić information content (AvgIpc) is 2.69. The molecule has 0 saturated heterocycles. The van der Waals surface area contributed by atoms with E-state index in [9.17, 15) is 29.4 Å². The lowest BCUT2D eigenvalue weighted by atomic mass is 9.86. The van der Waals surface area contributed by atoms with Gasteiger partial charge in [0, 0.05) is 28.9 Å². The van der Waals surface area contributed by atoms with Crippen LogP contribution in [0.25, 0.3) is 0 Å². The standard InChI is InChI=1S/C16H29N3O8S4/c17-10(14(22)23)2-5-29-28-4-1-8(13(20)21)9(12(19)16(26)27)7-31-30-6-3-11(18)15(24)25/h8-12H,1-7,17-19H2,(H,20,21)(H,22,23)(H,24,25)(H,26,27)/t8?,9?,10?,11?,12-/m0/s1. The van der Waals surface area contributed by atoms with Crippen LogP contribution in [0.2, 0.25) is 0 Å². The Kier molecular flexibility index (Phi) is 16.3. The highest BCUT2D eigenvalue weighted by Crippen LogP contribution is 2.33. The maximum absolute atomic E-state index is 11.8. The molecule has 180 valence electrons. The minimum absolute atomic E-state index is 0.169. The Balaban J connectivity index is 4.63. The molecule has 15 heteroatoms. The number of aliphatic carboxylic acids is 4. The zero-order chi connectivity index (χ0) is 24.0. The molecule has 0 aliphatic rings. The molecule has 0 aromatic heterocycles. The first-order valence-electron chi connectivity index (χ1n) is 9.15. The van der Waals surface area contributed by atoms with Gasteiger partial charge >= 0.3 is 23.9 Å². The van der Waals surface area contributed by atoms with Gasteiger partial charge in [-0.25, -0.2) is 0 Å². The Bertz CT molecular complexity index is 601. The second kappa shape index (κ2) is 16.7. The highest BCUT2D eigenvalue weighted by molar-refractivity contribution is 8.77. The maximum atomic E-state index is 11.8. The van der Waals surface area contributed by atoms with Gasteiger partial charge in [0.1, 0.15) is 18.1 Å². The zero-order valence-corrected chi connectivity index (χ0v) is 19.9. The fourth-order valence-electron chi connectivity index (χ4n) is 2.25. The highest BCUT2D eigenvalue weighted by Gasteiger charge is 2.36. The van der Waals surface area contributed by atoms with Gasteiger partial charge in [-0.3, -0.25) is 19.2 Å². The van der Waals surface area contributed by atoms with Crippen LogP contribution in [0.5, 0.6) is 0 Å². The van der Waals surface area contributed by atoms with E-state index in [4.69, 9.17) is 27.4 Å². The van der Waals surface area contributed by atoms with Gasteiger partial charge in [-0.05, 0) is 19.3 Å². The molecule has 0 heterocycles. The first-order valence-corrected chi connectivity index (χ1v) is 14.1. The van der Waals surface area contributed by atoms with Crippen LogP contribution in [-0.4, -0.2) is 85.4 Å². The molecule has 0 aromatic rings. The lowest BCUT2D eigenvalue weighted by Crippen LogP contribution is -2.45. The Morgan fingerprint density at radius 3 is 1.42 bits per heavy atom. The Morgan fingerprint density at radius 1 is 0.613 bits per heavy atom. The summed E-state index contributed by atoms with van der Waals surface area (Å²) in [5.74, 6) is -4.94. The SMILES string of the molecule is NC(CCSSCCC(C(=O)O)C(CSSCCC(N)C(=O)O)[C@H](N)C(=O)O)C(=O)O. The average molecular weight is 520 g/mol. The molecule has 0 aliphatic heterocycles. The quantitative estimate of drug-likeness (QED) is 0.0908. The zero-order valence-electron chi connectivity index (χ0n) is 16.6. The summed E-state index contributed by atoms with van der Waals surface area (Å²) in [6.45, 7) is 0. The number of carboxylic acid groups (broad SMARTS) is 4. The highest BCUT2D eigenvalue weighted by atomic mass is 33.1. The van der Waals surface area contributed by atoms with E-state index in [1.807, 2.05) is 0 Å². The molecule has 0 aliphatic carbocycles. The van der Waals surface area contributed by atoms with E-state index < -0.39 is 53.8 Å². The van der Waals surface area contributed by atoms with E-state index in [-0.39, 0.29) is 25.0 Å². The van der Waals surface area contributed by atoms with E-state index >= 15 is 0 Å². The largest absolute Gasteiger partial charge is 0.481 e. The summed E-state index contributed by atoms with van der Waals surface area (Å²) >= 11 is 0. The monoisotopic (exact) mass is 519 g/mol. The van der Waals surface area contributed by atoms with Gasteiger partial charge in [0.15, 0.2) is 0 Å². The molecule has 0 aromatic carbocycles. The Morgan fingerprint density at radius 2 is 1.03 bits per heavy atom. The molecule has 0 radical (unpaired) electrons. The summed E-state index contributed by atoms with van der Waals surface area (Å²) in [6.07, 6.45) is 0.699. The summed E-state index contributed by atoms with van der Waals surface area (Å²) in [6, 6.07) is -3.30. The van der Waals surface area contributed by atoms with Gasteiger partial charge in [0.05, 0.1) is 5.92 Å². The fraction of sp³-hybridized carbons (Fsp3) is 0.750. The molecule has 5 atom stereocenters.